The van der Waals surface area contributed by atoms with Gasteiger partial charge in [0.15, 0.2) is 5.03 Å². The molecule has 6 nitrogen and oxygen atoms in total. The molecule has 16 heavy (non-hydrogen) atoms. The van der Waals surface area contributed by atoms with Crippen molar-refractivity contribution in [1.29, 1.82) is 0 Å². The Bertz CT molecular complexity index is 417. The number of sulfonamides is 1. The lowest BCUT2D eigenvalue weighted by atomic mass is 10.4. The number of aromatic nitrogens is 2. The molecule has 0 aliphatic heterocycles. The molecule has 0 aliphatic carbocycles. The SMILES string of the molecule is CNC(C)CNS(=O)(=O)c1ccnn1C.Cl. The maximum atomic E-state index is 11.7. The van der Waals surface area contributed by atoms with Crippen molar-refractivity contribution in [2.75, 3.05) is 13.6 Å². The molecule has 8 heteroatoms. The van der Waals surface area contributed by atoms with Crippen LogP contribution < -0.4 is 10.0 Å². The fourth-order valence-electron chi connectivity index (χ4n) is 1.04. The first-order valence-electron chi connectivity index (χ1n) is 4.62. The van der Waals surface area contributed by atoms with Crippen LogP contribution in [0, 0.1) is 0 Å². The van der Waals surface area contributed by atoms with Gasteiger partial charge in [0.2, 0.25) is 0 Å². The first-order chi connectivity index (χ1) is 6.97. The summed E-state index contributed by atoms with van der Waals surface area (Å²) < 4.78 is 27.3. The predicted octanol–water partition coefficient (Wildman–Crippen LogP) is -0.272. The Balaban J connectivity index is 0.00000225. The number of nitrogens with zero attached hydrogens (tertiary/aromatic N) is 2. The van der Waals surface area contributed by atoms with Gasteiger partial charge >= 0.3 is 0 Å². The van der Waals surface area contributed by atoms with Gasteiger partial charge in [0.1, 0.15) is 0 Å². The van der Waals surface area contributed by atoms with Crippen molar-refractivity contribution in [1.82, 2.24) is 19.8 Å². The molecule has 0 radical (unpaired) electrons. The van der Waals surface area contributed by atoms with Crippen LogP contribution in [0.5, 0.6) is 0 Å². The highest BCUT2D eigenvalue weighted by Crippen LogP contribution is 2.05. The van der Waals surface area contributed by atoms with Gasteiger partial charge in [-0.15, -0.1) is 12.4 Å². The summed E-state index contributed by atoms with van der Waals surface area (Å²) in [5.41, 5.74) is 0. The number of rotatable bonds is 5. The third-order valence-corrected chi connectivity index (χ3v) is 3.62. The maximum Gasteiger partial charge on any atom is 0.257 e. The van der Waals surface area contributed by atoms with E-state index in [-0.39, 0.29) is 23.5 Å². The van der Waals surface area contributed by atoms with Crippen molar-refractivity contribution < 1.29 is 8.42 Å². The molecule has 0 spiro atoms. The third kappa shape index (κ3) is 3.75. The van der Waals surface area contributed by atoms with Gasteiger partial charge in [-0.05, 0) is 20.0 Å². The molecule has 1 rings (SSSR count). The molecule has 0 aliphatic rings. The van der Waals surface area contributed by atoms with Crippen molar-refractivity contribution >= 4 is 22.4 Å². The second-order valence-corrected chi connectivity index (χ2v) is 5.05. The highest BCUT2D eigenvalue weighted by atomic mass is 35.5. The monoisotopic (exact) mass is 268 g/mol. The van der Waals surface area contributed by atoms with Crippen LogP contribution in [0.4, 0.5) is 0 Å². The first kappa shape index (κ1) is 15.4. The summed E-state index contributed by atoms with van der Waals surface area (Å²) in [5, 5.41) is 6.93. The Kier molecular flexibility index (Phi) is 5.95. The summed E-state index contributed by atoms with van der Waals surface area (Å²) in [6, 6.07) is 1.56. The molecule has 1 unspecified atom stereocenters. The van der Waals surface area contributed by atoms with Crippen molar-refractivity contribution in [2.45, 2.75) is 18.0 Å². The lowest BCUT2D eigenvalue weighted by molar-refractivity contribution is 0.542. The minimum absolute atomic E-state index is 0. The van der Waals surface area contributed by atoms with Crippen LogP contribution in [-0.2, 0) is 17.1 Å². The molecule has 1 aromatic heterocycles. The average Bonchev–Trinajstić information content (AvgIpc) is 2.61. The summed E-state index contributed by atoms with van der Waals surface area (Å²) in [6.07, 6.45) is 1.45. The van der Waals surface area contributed by atoms with Crippen LogP contribution in [0.25, 0.3) is 0 Å². The van der Waals surface area contributed by atoms with Gasteiger partial charge in [-0.2, -0.15) is 5.10 Å². The Morgan fingerprint density at radius 3 is 2.62 bits per heavy atom. The Morgan fingerprint density at radius 1 is 1.56 bits per heavy atom. The molecule has 1 heterocycles. The number of hydrogen-bond donors (Lipinski definition) is 2. The van der Waals surface area contributed by atoms with Crippen LogP contribution in [0.1, 0.15) is 6.92 Å². The van der Waals surface area contributed by atoms with Crippen molar-refractivity contribution in [3.8, 4) is 0 Å². The van der Waals surface area contributed by atoms with Crippen molar-refractivity contribution in [3.63, 3.8) is 0 Å². The molecule has 1 aromatic rings. The van der Waals surface area contributed by atoms with Crippen LogP contribution >= 0.6 is 12.4 Å². The Hall–Kier alpha value is -0.630. The van der Waals surface area contributed by atoms with E-state index in [1.54, 1.807) is 14.1 Å². The molecule has 0 aromatic carbocycles. The van der Waals surface area contributed by atoms with Gasteiger partial charge in [0.25, 0.3) is 10.0 Å². The molecule has 0 fully saturated rings. The minimum Gasteiger partial charge on any atom is -0.316 e. The molecular formula is C8H17ClN4O2S. The highest BCUT2D eigenvalue weighted by molar-refractivity contribution is 7.89. The number of aryl methyl sites for hydroxylation is 1. The Morgan fingerprint density at radius 2 is 2.19 bits per heavy atom. The minimum atomic E-state index is -3.44. The summed E-state index contributed by atoms with van der Waals surface area (Å²) in [5.74, 6) is 0. The summed E-state index contributed by atoms with van der Waals surface area (Å²) in [6.45, 7) is 2.25. The molecule has 94 valence electrons. The zero-order valence-electron chi connectivity index (χ0n) is 9.47. The van der Waals surface area contributed by atoms with E-state index in [0.29, 0.717) is 6.54 Å². The number of nitrogens with one attached hydrogen (secondary N) is 2. The van der Waals surface area contributed by atoms with Crippen molar-refractivity contribution in [2.24, 2.45) is 7.05 Å². The lowest BCUT2D eigenvalue weighted by Crippen LogP contribution is -2.37. The van der Waals surface area contributed by atoms with Crippen molar-refractivity contribution in [3.05, 3.63) is 12.3 Å². The van der Waals surface area contributed by atoms with E-state index in [9.17, 15) is 8.42 Å². The molecule has 0 saturated heterocycles. The number of halogens is 1. The van der Waals surface area contributed by atoms with Gasteiger partial charge in [-0.3, -0.25) is 4.68 Å². The molecule has 2 N–H and O–H groups in total. The van der Waals surface area contributed by atoms with E-state index >= 15 is 0 Å². The van der Waals surface area contributed by atoms with Crippen LogP contribution in [0.2, 0.25) is 0 Å². The van der Waals surface area contributed by atoms with Crippen LogP contribution in [0.3, 0.4) is 0 Å². The van der Waals surface area contributed by atoms with Gasteiger partial charge in [-0.25, -0.2) is 13.1 Å². The summed E-state index contributed by atoms with van der Waals surface area (Å²) in [4.78, 5) is 0. The second kappa shape index (κ2) is 6.19. The highest BCUT2D eigenvalue weighted by Gasteiger charge is 2.17. The molecule has 0 amide bonds. The lowest BCUT2D eigenvalue weighted by Gasteiger charge is -2.11. The second-order valence-electron chi connectivity index (χ2n) is 3.33. The van der Waals surface area contributed by atoms with Gasteiger partial charge in [-0.1, -0.05) is 0 Å². The van der Waals surface area contributed by atoms with Gasteiger partial charge < -0.3 is 5.32 Å². The summed E-state index contributed by atoms with van der Waals surface area (Å²) in [7, 11) is -0.0682. The van der Waals surface area contributed by atoms with Crippen LogP contribution in [-0.4, -0.2) is 37.8 Å². The molecule has 0 bridgehead atoms. The van der Waals surface area contributed by atoms with E-state index in [1.807, 2.05) is 6.92 Å². The largest absolute Gasteiger partial charge is 0.316 e. The number of hydrogen-bond acceptors (Lipinski definition) is 4. The van der Waals surface area contributed by atoms with Crippen LogP contribution in [0.15, 0.2) is 17.3 Å². The fraction of sp³-hybridized carbons (Fsp3) is 0.625. The smallest absolute Gasteiger partial charge is 0.257 e. The van der Waals surface area contributed by atoms with Gasteiger partial charge in [0, 0.05) is 19.6 Å². The van der Waals surface area contributed by atoms with E-state index in [0.717, 1.165) is 0 Å². The average molecular weight is 269 g/mol. The Labute approximate surface area is 102 Å². The summed E-state index contributed by atoms with van der Waals surface area (Å²) >= 11 is 0. The molecule has 1 atom stereocenters. The topological polar surface area (TPSA) is 76.0 Å². The first-order valence-corrected chi connectivity index (χ1v) is 6.10. The van der Waals surface area contributed by atoms with E-state index < -0.39 is 10.0 Å². The third-order valence-electron chi connectivity index (χ3n) is 2.12. The van der Waals surface area contributed by atoms with E-state index in [1.165, 1.54) is 16.9 Å². The molecular weight excluding hydrogens is 252 g/mol. The quantitative estimate of drug-likeness (QED) is 0.771. The zero-order chi connectivity index (χ0) is 11.5. The molecule has 0 saturated carbocycles. The zero-order valence-corrected chi connectivity index (χ0v) is 11.1. The normalized spacial score (nSPS) is 13.2. The predicted molar refractivity (Wildman–Crippen MR) is 64.2 cm³/mol. The van der Waals surface area contributed by atoms with E-state index in [4.69, 9.17) is 0 Å². The van der Waals surface area contributed by atoms with E-state index in [2.05, 4.69) is 15.1 Å². The fourth-order valence-corrected chi connectivity index (χ4v) is 2.29. The standard InChI is InChI=1S/C8H16N4O2S.ClH/c1-7(9-2)6-11-15(13,14)8-4-5-10-12(8)3;/h4-5,7,9,11H,6H2,1-3H3;1H. The number of likely N-dealkylation sites (N-methyl/N-ethyl adjacent to an activating group) is 1. The maximum absolute atomic E-state index is 11.7. The van der Waals surface area contributed by atoms with Gasteiger partial charge in [0.05, 0.1) is 6.20 Å².